The van der Waals surface area contributed by atoms with Crippen molar-refractivity contribution in [1.29, 1.82) is 0 Å². The monoisotopic (exact) mass is 278 g/mol. The van der Waals surface area contributed by atoms with Gasteiger partial charge < -0.3 is 4.90 Å². The molecule has 0 unspecified atom stereocenters. The van der Waals surface area contributed by atoms with E-state index in [0.29, 0.717) is 0 Å². The van der Waals surface area contributed by atoms with Crippen molar-refractivity contribution in [3.63, 3.8) is 0 Å². The van der Waals surface area contributed by atoms with Crippen LogP contribution in [0.15, 0.2) is 17.5 Å². The number of nitrogens with zero attached hydrogens (tertiary/aromatic N) is 2. The van der Waals surface area contributed by atoms with Gasteiger partial charge in [0.25, 0.3) is 0 Å². The molecule has 1 atom stereocenters. The van der Waals surface area contributed by atoms with Crippen molar-refractivity contribution in [2.75, 3.05) is 26.2 Å². The van der Waals surface area contributed by atoms with Crippen molar-refractivity contribution in [3.8, 4) is 0 Å². The summed E-state index contributed by atoms with van der Waals surface area (Å²) in [4.78, 5) is 6.88. The van der Waals surface area contributed by atoms with E-state index >= 15 is 0 Å². The van der Waals surface area contributed by atoms with Crippen LogP contribution in [-0.4, -0.2) is 42.0 Å². The maximum Gasteiger partial charge on any atom is 0.0327 e. The molecular formula is C16H26N2S. The molecule has 0 N–H and O–H groups in total. The number of likely N-dealkylation sites (tertiary alicyclic amines) is 2. The molecule has 0 aromatic carbocycles. The molecular weight excluding hydrogens is 252 g/mol. The second-order valence-electron chi connectivity index (χ2n) is 6.18. The first kappa shape index (κ1) is 13.6. The predicted molar refractivity (Wildman–Crippen MR) is 82.6 cm³/mol. The Morgan fingerprint density at radius 3 is 2.58 bits per heavy atom. The molecule has 2 saturated heterocycles. The van der Waals surface area contributed by atoms with Crippen LogP contribution in [0.4, 0.5) is 0 Å². The first-order valence-electron chi connectivity index (χ1n) is 7.82. The molecule has 0 aliphatic carbocycles. The number of piperidine rings is 1. The molecule has 0 radical (unpaired) electrons. The number of hydrogen-bond acceptors (Lipinski definition) is 3. The lowest BCUT2D eigenvalue weighted by Gasteiger charge is -2.38. The van der Waals surface area contributed by atoms with E-state index in [2.05, 4.69) is 34.2 Å². The van der Waals surface area contributed by atoms with E-state index in [9.17, 15) is 0 Å². The van der Waals surface area contributed by atoms with E-state index in [1.165, 1.54) is 63.3 Å². The smallest absolute Gasteiger partial charge is 0.0327 e. The standard InChI is InChI=1S/C16H26N2S/c1-14(18-8-2-3-9-18)15-6-10-17(11-7-15)13-16-5-4-12-19-16/h4-5,12,14-15H,2-3,6-11,13H2,1H3/t14-/m1/s1. The molecule has 2 aliphatic rings. The van der Waals surface area contributed by atoms with Crippen molar-refractivity contribution >= 4 is 11.3 Å². The fraction of sp³-hybridized carbons (Fsp3) is 0.750. The average Bonchev–Trinajstić information content (AvgIpc) is 3.12. The summed E-state index contributed by atoms with van der Waals surface area (Å²) in [5, 5.41) is 2.19. The van der Waals surface area contributed by atoms with Crippen LogP contribution >= 0.6 is 11.3 Å². The molecule has 3 heterocycles. The summed E-state index contributed by atoms with van der Waals surface area (Å²) in [5.41, 5.74) is 0. The summed E-state index contributed by atoms with van der Waals surface area (Å²) in [7, 11) is 0. The minimum absolute atomic E-state index is 0.811. The van der Waals surface area contributed by atoms with Crippen LogP contribution in [0, 0.1) is 5.92 Å². The van der Waals surface area contributed by atoms with Crippen molar-refractivity contribution in [2.24, 2.45) is 5.92 Å². The van der Waals surface area contributed by atoms with Gasteiger partial charge in [-0.3, -0.25) is 4.90 Å². The van der Waals surface area contributed by atoms with Gasteiger partial charge in [0, 0.05) is 17.5 Å². The third-order valence-corrected chi connectivity index (χ3v) is 5.85. The second kappa shape index (κ2) is 6.38. The normalized spacial score (nSPS) is 24.9. The Hall–Kier alpha value is -0.380. The second-order valence-corrected chi connectivity index (χ2v) is 7.21. The highest BCUT2D eigenvalue weighted by Crippen LogP contribution is 2.27. The minimum Gasteiger partial charge on any atom is -0.300 e. The fourth-order valence-electron chi connectivity index (χ4n) is 3.66. The fourth-order valence-corrected chi connectivity index (χ4v) is 4.41. The Morgan fingerprint density at radius 2 is 1.95 bits per heavy atom. The van der Waals surface area contributed by atoms with Gasteiger partial charge in [-0.1, -0.05) is 6.07 Å². The molecule has 2 fully saturated rings. The Labute approximate surface area is 121 Å². The van der Waals surface area contributed by atoms with Gasteiger partial charge in [0.2, 0.25) is 0 Å². The molecule has 19 heavy (non-hydrogen) atoms. The molecule has 0 bridgehead atoms. The van der Waals surface area contributed by atoms with Gasteiger partial charge >= 0.3 is 0 Å². The van der Waals surface area contributed by atoms with Crippen LogP contribution in [0.3, 0.4) is 0 Å². The lowest BCUT2D eigenvalue weighted by Crippen LogP contribution is -2.42. The molecule has 0 spiro atoms. The zero-order valence-electron chi connectivity index (χ0n) is 12.1. The SMILES string of the molecule is C[C@H](C1CCN(Cc2cccs2)CC1)N1CCCC1. The third kappa shape index (κ3) is 3.39. The van der Waals surface area contributed by atoms with E-state index < -0.39 is 0 Å². The van der Waals surface area contributed by atoms with Gasteiger partial charge in [0.15, 0.2) is 0 Å². The predicted octanol–water partition coefficient (Wildman–Crippen LogP) is 3.44. The molecule has 0 amide bonds. The Morgan fingerprint density at radius 1 is 1.21 bits per heavy atom. The van der Waals surface area contributed by atoms with E-state index in [1.54, 1.807) is 0 Å². The van der Waals surface area contributed by atoms with Crippen LogP contribution < -0.4 is 0 Å². The van der Waals surface area contributed by atoms with Crippen molar-refractivity contribution in [2.45, 2.75) is 45.2 Å². The zero-order chi connectivity index (χ0) is 13.1. The zero-order valence-corrected chi connectivity index (χ0v) is 12.9. The molecule has 0 saturated carbocycles. The van der Waals surface area contributed by atoms with Gasteiger partial charge in [-0.05, 0) is 76.2 Å². The summed E-state index contributed by atoms with van der Waals surface area (Å²) in [6, 6.07) is 5.25. The number of rotatable bonds is 4. The Kier molecular flexibility index (Phi) is 4.57. The molecule has 3 heteroatoms. The highest BCUT2D eigenvalue weighted by atomic mass is 32.1. The Bertz CT molecular complexity index is 362. The molecule has 2 aliphatic heterocycles. The van der Waals surface area contributed by atoms with E-state index in [0.717, 1.165) is 12.0 Å². The van der Waals surface area contributed by atoms with Gasteiger partial charge in [0.1, 0.15) is 0 Å². The lowest BCUT2D eigenvalue weighted by molar-refractivity contribution is 0.108. The first-order chi connectivity index (χ1) is 9.33. The van der Waals surface area contributed by atoms with Crippen LogP contribution in [-0.2, 0) is 6.54 Å². The summed E-state index contributed by atoms with van der Waals surface area (Å²) < 4.78 is 0. The van der Waals surface area contributed by atoms with Crippen LogP contribution in [0.25, 0.3) is 0 Å². The van der Waals surface area contributed by atoms with E-state index in [4.69, 9.17) is 0 Å². The van der Waals surface area contributed by atoms with Crippen molar-refractivity contribution in [3.05, 3.63) is 22.4 Å². The van der Waals surface area contributed by atoms with E-state index in [-0.39, 0.29) is 0 Å². The van der Waals surface area contributed by atoms with Crippen LogP contribution in [0.2, 0.25) is 0 Å². The van der Waals surface area contributed by atoms with Crippen molar-refractivity contribution in [1.82, 2.24) is 9.80 Å². The van der Waals surface area contributed by atoms with Crippen LogP contribution in [0.5, 0.6) is 0 Å². The van der Waals surface area contributed by atoms with Gasteiger partial charge in [-0.15, -0.1) is 11.3 Å². The first-order valence-corrected chi connectivity index (χ1v) is 8.69. The van der Waals surface area contributed by atoms with Gasteiger partial charge in [-0.25, -0.2) is 0 Å². The third-order valence-electron chi connectivity index (χ3n) is 4.99. The van der Waals surface area contributed by atoms with Gasteiger partial charge in [0.05, 0.1) is 0 Å². The number of hydrogen-bond donors (Lipinski definition) is 0. The maximum atomic E-state index is 2.72. The highest BCUT2D eigenvalue weighted by Gasteiger charge is 2.28. The Balaban J connectivity index is 1.46. The summed E-state index contributed by atoms with van der Waals surface area (Å²) in [5.74, 6) is 0.928. The molecule has 2 nitrogen and oxygen atoms in total. The summed E-state index contributed by atoms with van der Waals surface area (Å²) in [6.07, 6.45) is 5.62. The molecule has 3 rings (SSSR count). The molecule has 1 aromatic rings. The van der Waals surface area contributed by atoms with Crippen molar-refractivity contribution < 1.29 is 0 Å². The lowest BCUT2D eigenvalue weighted by atomic mass is 9.89. The molecule has 106 valence electrons. The van der Waals surface area contributed by atoms with Gasteiger partial charge in [-0.2, -0.15) is 0 Å². The minimum atomic E-state index is 0.811. The largest absolute Gasteiger partial charge is 0.300 e. The number of thiophene rings is 1. The highest BCUT2D eigenvalue weighted by molar-refractivity contribution is 7.09. The quantitative estimate of drug-likeness (QED) is 0.832. The summed E-state index contributed by atoms with van der Waals surface area (Å²) >= 11 is 1.89. The topological polar surface area (TPSA) is 6.48 Å². The average molecular weight is 278 g/mol. The summed E-state index contributed by atoms with van der Waals surface area (Å²) in [6.45, 7) is 8.90. The molecule has 1 aromatic heterocycles. The van der Waals surface area contributed by atoms with Crippen LogP contribution in [0.1, 0.15) is 37.5 Å². The van der Waals surface area contributed by atoms with E-state index in [1.807, 2.05) is 11.3 Å². The maximum absolute atomic E-state index is 2.72.